The molecule has 2 rings (SSSR count). The first-order valence-corrected chi connectivity index (χ1v) is 9.19. The van der Waals surface area contributed by atoms with Gasteiger partial charge in [0.25, 0.3) is 0 Å². The Hall–Kier alpha value is -2.78. The fraction of sp³-hybridized carbons (Fsp3) is 0.526. The van der Waals surface area contributed by atoms with Crippen LogP contribution >= 0.6 is 0 Å². The number of nitrogens with zero attached hydrogens (tertiary/aromatic N) is 3. The van der Waals surface area contributed by atoms with E-state index < -0.39 is 12.8 Å². The summed E-state index contributed by atoms with van der Waals surface area (Å²) in [6.07, 6.45) is -1.37. The predicted octanol–water partition coefficient (Wildman–Crippen LogP) is 3.56. The van der Waals surface area contributed by atoms with Crippen LogP contribution in [0.2, 0.25) is 0 Å². The van der Waals surface area contributed by atoms with E-state index in [0.717, 1.165) is 5.76 Å². The Morgan fingerprint density at radius 3 is 2.59 bits per heavy atom. The van der Waals surface area contributed by atoms with Crippen molar-refractivity contribution in [3.63, 3.8) is 0 Å². The monoisotopic (exact) mass is 413 g/mol. The second-order valence-electron chi connectivity index (χ2n) is 7.29. The summed E-state index contributed by atoms with van der Waals surface area (Å²) in [5.41, 5.74) is 0.303. The summed E-state index contributed by atoms with van der Waals surface area (Å²) in [4.78, 5) is 12.5. The SMILES string of the molecule is CCNC(=NCc1cccnc1OCC(F)(F)F)NCc1ncc(C(C)(C)C)o1. The third-order valence-corrected chi connectivity index (χ3v) is 3.67. The van der Waals surface area contributed by atoms with Gasteiger partial charge in [-0.2, -0.15) is 13.2 Å². The Labute approximate surface area is 167 Å². The minimum atomic E-state index is -4.43. The number of halogens is 3. The van der Waals surface area contributed by atoms with Crippen LogP contribution in [0.4, 0.5) is 13.2 Å². The van der Waals surface area contributed by atoms with Gasteiger partial charge in [0.15, 0.2) is 12.6 Å². The smallest absolute Gasteiger partial charge is 0.422 e. The molecular weight excluding hydrogens is 387 g/mol. The van der Waals surface area contributed by atoms with Crippen molar-refractivity contribution in [1.82, 2.24) is 20.6 Å². The third-order valence-electron chi connectivity index (χ3n) is 3.67. The van der Waals surface area contributed by atoms with Gasteiger partial charge in [0.2, 0.25) is 11.8 Å². The number of aromatic nitrogens is 2. The summed E-state index contributed by atoms with van der Waals surface area (Å²) in [6, 6.07) is 3.24. The van der Waals surface area contributed by atoms with Crippen LogP contribution in [0.1, 0.15) is 44.9 Å². The van der Waals surface area contributed by atoms with Crippen LogP contribution < -0.4 is 15.4 Å². The first-order chi connectivity index (χ1) is 13.6. The van der Waals surface area contributed by atoms with E-state index in [1.165, 1.54) is 6.20 Å². The highest BCUT2D eigenvalue weighted by atomic mass is 19.4. The largest absolute Gasteiger partial charge is 0.468 e. The standard InChI is InChI=1S/C19H26F3N5O2/c1-5-23-17(27-11-15-25-10-14(29-15)18(2,3)4)26-9-13-7-6-8-24-16(13)28-12-19(20,21)22/h6-8,10H,5,9,11-12H2,1-4H3,(H2,23,26,27). The molecular formula is C19H26F3N5O2. The van der Waals surface area contributed by atoms with Gasteiger partial charge in [0.05, 0.1) is 19.3 Å². The summed E-state index contributed by atoms with van der Waals surface area (Å²) in [5.74, 6) is 1.66. The first-order valence-electron chi connectivity index (χ1n) is 9.19. The van der Waals surface area contributed by atoms with E-state index in [-0.39, 0.29) is 17.8 Å². The van der Waals surface area contributed by atoms with E-state index in [2.05, 4.69) is 25.6 Å². The topological polar surface area (TPSA) is 84.6 Å². The molecule has 7 nitrogen and oxygen atoms in total. The zero-order chi connectivity index (χ0) is 21.5. The first kappa shape index (κ1) is 22.5. The highest BCUT2D eigenvalue weighted by molar-refractivity contribution is 5.79. The minimum Gasteiger partial charge on any atom is -0.468 e. The van der Waals surface area contributed by atoms with Crippen molar-refractivity contribution >= 4 is 5.96 Å². The second kappa shape index (κ2) is 9.62. The Morgan fingerprint density at radius 1 is 1.21 bits per heavy atom. The molecule has 0 spiro atoms. The fourth-order valence-corrected chi connectivity index (χ4v) is 2.23. The Kier molecular flexibility index (Phi) is 7.46. The third kappa shape index (κ3) is 7.63. The van der Waals surface area contributed by atoms with Crippen LogP contribution in [0.25, 0.3) is 0 Å². The lowest BCUT2D eigenvalue weighted by molar-refractivity contribution is -0.154. The van der Waals surface area contributed by atoms with E-state index in [4.69, 9.17) is 9.15 Å². The van der Waals surface area contributed by atoms with Crippen LogP contribution in [0, 0.1) is 0 Å². The molecule has 2 aromatic rings. The van der Waals surface area contributed by atoms with Crippen LogP contribution in [0.15, 0.2) is 33.9 Å². The molecule has 0 aliphatic rings. The molecule has 160 valence electrons. The minimum absolute atomic E-state index is 0.0908. The zero-order valence-electron chi connectivity index (χ0n) is 16.9. The van der Waals surface area contributed by atoms with Gasteiger partial charge in [-0.15, -0.1) is 0 Å². The van der Waals surface area contributed by atoms with E-state index in [1.54, 1.807) is 18.3 Å². The van der Waals surface area contributed by atoms with Crippen molar-refractivity contribution in [3.8, 4) is 5.88 Å². The molecule has 2 heterocycles. The number of ether oxygens (including phenoxy) is 1. The van der Waals surface area contributed by atoms with E-state index in [9.17, 15) is 13.2 Å². The molecule has 0 bridgehead atoms. The van der Waals surface area contributed by atoms with Crippen molar-refractivity contribution in [1.29, 1.82) is 0 Å². The molecule has 10 heteroatoms. The molecule has 0 amide bonds. The lowest BCUT2D eigenvalue weighted by Gasteiger charge is -2.14. The van der Waals surface area contributed by atoms with Crippen molar-refractivity contribution in [2.75, 3.05) is 13.2 Å². The molecule has 0 saturated heterocycles. The predicted molar refractivity (Wildman–Crippen MR) is 103 cm³/mol. The lowest BCUT2D eigenvalue weighted by atomic mass is 9.94. The van der Waals surface area contributed by atoms with Gasteiger partial charge in [-0.3, -0.25) is 0 Å². The Morgan fingerprint density at radius 2 is 1.97 bits per heavy atom. The quantitative estimate of drug-likeness (QED) is 0.533. The van der Waals surface area contributed by atoms with Crippen molar-refractivity contribution in [2.45, 2.75) is 52.4 Å². The number of pyridine rings is 1. The number of aliphatic imine (C=N–C) groups is 1. The number of hydrogen-bond donors (Lipinski definition) is 2. The average Bonchev–Trinajstić information content (AvgIpc) is 3.12. The molecule has 0 radical (unpaired) electrons. The van der Waals surface area contributed by atoms with Crippen molar-refractivity contribution in [2.24, 2.45) is 4.99 Å². The van der Waals surface area contributed by atoms with Crippen LogP contribution in [-0.2, 0) is 18.5 Å². The summed E-state index contributed by atoms with van der Waals surface area (Å²) in [6.45, 7) is 7.60. The zero-order valence-corrected chi connectivity index (χ0v) is 16.9. The van der Waals surface area contributed by atoms with Gasteiger partial charge in [-0.25, -0.2) is 15.0 Å². The van der Waals surface area contributed by atoms with E-state index in [0.29, 0.717) is 30.5 Å². The van der Waals surface area contributed by atoms with Crippen LogP contribution in [-0.4, -0.2) is 35.3 Å². The highest BCUT2D eigenvalue weighted by Crippen LogP contribution is 2.23. The molecule has 0 fully saturated rings. The molecule has 0 aliphatic carbocycles. The molecule has 2 aromatic heterocycles. The van der Waals surface area contributed by atoms with Gasteiger partial charge in [-0.05, 0) is 13.0 Å². The maximum absolute atomic E-state index is 12.4. The normalized spacial score (nSPS) is 12.7. The van der Waals surface area contributed by atoms with Gasteiger partial charge < -0.3 is 19.8 Å². The number of oxazole rings is 1. The molecule has 2 N–H and O–H groups in total. The molecule has 0 aromatic carbocycles. The molecule has 0 unspecified atom stereocenters. The summed E-state index contributed by atoms with van der Waals surface area (Å²) in [5, 5.41) is 6.15. The molecule has 0 saturated carbocycles. The van der Waals surface area contributed by atoms with Gasteiger partial charge >= 0.3 is 6.18 Å². The number of nitrogens with one attached hydrogen (secondary N) is 2. The molecule has 0 atom stereocenters. The van der Waals surface area contributed by atoms with E-state index in [1.807, 2.05) is 27.7 Å². The number of guanidine groups is 1. The summed E-state index contributed by atoms with van der Waals surface area (Å²) >= 11 is 0. The van der Waals surface area contributed by atoms with Gasteiger partial charge in [0, 0.05) is 23.7 Å². The fourth-order valence-electron chi connectivity index (χ4n) is 2.23. The summed E-state index contributed by atoms with van der Waals surface area (Å²) < 4.78 is 47.7. The highest BCUT2D eigenvalue weighted by Gasteiger charge is 2.29. The maximum atomic E-state index is 12.4. The number of alkyl halides is 3. The Bertz CT molecular complexity index is 813. The second-order valence-corrected chi connectivity index (χ2v) is 7.29. The Balaban J connectivity index is 2.03. The van der Waals surface area contributed by atoms with Crippen LogP contribution in [0.5, 0.6) is 5.88 Å². The van der Waals surface area contributed by atoms with Crippen LogP contribution in [0.3, 0.4) is 0 Å². The number of hydrogen-bond acceptors (Lipinski definition) is 5. The van der Waals surface area contributed by atoms with Gasteiger partial charge in [0.1, 0.15) is 5.76 Å². The van der Waals surface area contributed by atoms with Crippen molar-refractivity contribution in [3.05, 3.63) is 41.7 Å². The van der Waals surface area contributed by atoms with Crippen molar-refractivity contribution < 1.29 is 22.3 Å². The number of rotatable bonds is 7. The average molecular weight is 413 g/mol. The van der Waals surface area contributed by atoms with E-state index >= 15 is 0 Å². The maximum Gasteiger partial charge on any atom is 0.422 e. The lowest BCUT2D eigenvalue weighted by Crippen LogP contribution is -2.36. The molecule has 29 heavy (non-hydrogen) atoms. The molecule has 0 aliphatic heterocycles. The van der Waals surface area contributed by atoms with Gasteiger partial charge in [-0.1, -0.05) is 26.8 Å². The summed E-state index contributed by atoms with van der Waals surface area (Å²) in [7, 11) is 0.